The molecule has 116 valence electrons. The third kappa shape index (κ3) is 3.14. The van der Waals surface area contributed by atoms with Gasteiger partial charge in [-0.1, -0.05) is 12.1 Å². The van der Waals surface area contributed by atoms with Gasteiger partial charge in [0.2, 0.25) is 0 Å². The average Bonchev–Trinajstić information content (AvgIpc) is 2.41. The number of hydrogen-bond acceptors (Lipinski definition) is 6. The zero-order valence-corrected chi connectivity index (χ0v) is 12.7. The zero-order valence-electron chi connectivity index (χ0n) is 11.1. The number of piperazine rings is 1. The van der Waals surface area contributed by atoms with Crippen molar-refractivity contribution in [3.63, 3.8) is 0 Å². The molecule has 8 nitrogen and oxygen atoms in total. The predicted octanol–water partition coefficient (Wildman–Crippen LogP) is 0.526. The van der Waals surface area contributed by atoms with Gasteiger partial charge in [0.05, 0.1) is 11.0 Å². The van der Waals surface area contributed by atoms with E-state index >= 15 is 0 Å². The lowest BCUT2D eigenvalue weighted by Crippen LogP contribution is -2.55. The van der Waals surface area contributed by atoms with Crippen molar-refractivity contribution < 1.29 is 18.1 Å². The minimum Gasteiger partial charge on any atom is -0.304 e. The van der Waals surface area contributed by atoms with E-state index in [1.165, 1.54) is 12.1 Å². The number of amides is 1. The molecule has 1 heterocycles. The molecule has 10 heteroatoms. The molecule has 1 aromatic rings. The second-order valence-corrected chi connectivity index (χ2v) is 6.15. The number of rotatable bonds is 3. The van der Waals surface area contributed by atoms with Crippen molar-refractivity contribution >= 4 is 34.0 Å². The predicted molar refractivity (Wildman–Crippen MR) is 76.7 cm³/mol. The Morgan fingerprint density at radius 1 is 1.38 bits per heavy atom. The molecule has 0 radical (unpaired) electrons. The second kappa shape index (κ2) is 6.37. The maximum Gasteiger partial charge on any atom is 0.289 e. The highest BCUT2D eigenvalue weighted by molar-refractivity contribution is 7.89. The highest BCUT2D eigenvalue weighted by Gasteiger charge is 2.38. The Kier molecular flexibility index (Phi) is 5.26. The van der Waals surface area contributed by atoms with Crippen LogP contribution < -0.4 is 5.32 Å². The quantitative estimate of drug-likeness (QED) is 0.637. The van der Waals surface area contributed by atoms with Gasteiger partial charge in [-0.2, -0.15) is 0 Å². The molecule has 1 fully saturated rings. The number of nitrogens with zero attached hydrogens (tertiary/aromatic N) is 2. The Bertz CT molecular complexity index is 664. The second-order valence-electron chi connectivity index (χ2n) is 4.32. The van der Waals surface area contributed by atoms with E-state index in [1.54, 1.807) is 6.92 Å². The molecule has 0 saturated carbocycles. The minimum atomic E-state index is -4.22. The summed E-state index contributed by atoms with van der Waals surface area (Å²) in [7, 11) is -4.22. The molecule has 2 rings (SSSR count). The summed E-state index contributed by atoms with van der Waals surface area (Å²) < 4.78 is 25.6. The summed E-state index contributed by atoms with van der Waals surface area (Å²) in [4.78, 5) is 21.6. The van der Waals surface area contributed by atoms with E-state index in [2.05, 4.69) is 5.32 Å². The summed E-state index contributed by atoms with van der Waals surface area (Å²) in [5, 5.41) is 13.8. The molecule has 0 bridgehead atoms. The number of para-hydroxylation sites is 1. The van der Waals surface area contributed by atoms with Crippen LogP contribution in [0, 0.1) is 10.1 Å². The van der Waals surface area contributed by atoms with Gasteiger partial charge in [0, 0.05) is 19.2 Å². The Labute approximate surface area is 127 Å². The van der Waals surface area contributed by atoms with Crippen molar-refractivity contribution in [2.45, 2.75) is 17.9 Å². The fraction of sp³-hybridized carbons (Fsp3) is 0.364. The number of carbonyl (C=O) groups excluding carboxylic acids is 1. The van der Waals surface area contributed by atoms with Crippen LogP contribution in [0.15, 0.2) is 29.2 Å². The maximum atomic E-state index is 12.4. The van der Waals surface area contributed by atoms with Crippen molar-refractivity contribution in [1.82, 2.24) is 9.62 Å². The van der Waals surface area contributed by atoms with E-state index in [0.29, 0.717) is 10.8 Å². The molecule has 0 spiro atoms. The van der Waals surface area contributed by atoms with Crippen LogP contribution >= 0.6 is 12.4 Å². The van der Waals surface area contributed by atoms with Crippen molar-refractivity contribution in [1.29, 1.82) is 0 Å². The van der Waals surface area contributed by atoms with E-state index < -0.39 is 37.5 Å². The number of nitro benzene ring substituents is 1. The zero-order chi connectivity index (χ0) is 14.9. The Balaban J connectivity index is 0.00000220. The monoisotopic (exact) mass is 335 g/mol. The lowest BCUT2D eigenvalue weighted by atomic mass is 10.2. The first kappa shape index (κ1) is 17.3. The summed E-state index contributed by atoms with van der Waals surface area (Å²) in [5.74, 6) is -0.616. The Morgan fingerprint density at radius 2 is 2.00 bits per heavy atom. The van der Waals surface area contributed by atoms with Crippen LogP contribution in [0.5, 0.6) is 0 Å². The van der Waals surface area contributed by atoms with Crippen molar-refractivity contribution in [2.75, 3.05) is 13.1 Å². The molecule has 0 aromatic heterocycles. The van der Waals surface area contributed by atoms with Gasteiger partial charge < -0.3 is 5.32 Å². The molecule has 21 heavy (non-hydrogen) atoms. The first-order valence-corrected chi connectivity index (χ1v) is 7.33. The number of sulfonamides is 1. The molecule has 1 aliphatic rings. The summed E-state index contributed by atoms with van der Waals surface area (Å²) in [5.41, 5.74) is -0.536. The van der Waals surface area contributed by atoms with Gasteiger partial charge in [0.1, 0.15) is 0 Å². The molecule has 1 amide bonds. The topological polar surface area (TPSA) is 110 Å². The van der Waals surface area contributed by atoms with E-state index in [1.807, 2.05) is 0 Å². The summed E-state index contributed by atoms with van der Waals surface area (Å²) in [6, 6.07) is 4.35. The van der Waals surface area contributed by atoms with Crippen LogP contribution in [0.4, 0.5) is 5.69 Å². The molecule has 1 N–H and O–H groups in total. The lowest BCUT2D eigenvalue weighted by molar-refractivity contribution is -0.387. The van der Waals surface area contributed by atoms with Crippen LogP contribution in [0.25, 0.3) is 0 Å². The smallest absolute Gasteiger partial charge is 0.289 e. The van der Waals surface area contributed by atoms with Gasteiger partial charge in [-0.05, 0) is 13.0 Å². The molecular formula is C11H14ClN3O5S. The Morgan fingerprint density at radius 3 is 2.62 bits per heavy atom. The lowest BCUT2D eigenvalue weighted by Gasteiger charge is -2.30. The highest BCUT2D eigenvalue weighted by atomic mass is 35.5. The largest absolute Gasteiger partial charge is 0.304 e. The first-order chi connectivity index (χ1) is 9.35. The third-order valence-corrected chi connectivity index (χ3v) is 4.86. The van der Waals surface area contributed by atoms with Gasteiger partial charge in [0.25, 0.3) is 21.6 Å². The number of carbonyl (C=O) groups is 1. The van der Waals surface area contributed by atoms with Crippen molar-refractivity contribution in [3.05, 3.63) is 34.4 Å². The summed E-state index contributed by atoms with van der Waals surface area (Å²) in [6.45, 7) is 1.81. The fourth-order valence-electron chi connectivity index (χ4n) is 1.98. The molecule has 1 aliphatic heterocycles. The fourth-order valence-corrected chi connectivity index (χ4v) is 3.60. The summed E-state index contributed by atoms with van der Waals surface area (Å²) >= 11 is 0. The Hall–Kier alpha value is -1.71. The number of halogens is 1. The number of hydrogen-bond donors (Lipinski definition) is 1. The van der Waals surface area contributed by atoms with E-state index in [0.717, 1.165) is 12.1 Å². The normalized spacial score (nSPS) is 19.0. The van der Waals surface area contributed by atoms with Crippen LogP contribution in [0.3, 0.4) is 0 Å². The van der Waals surface area contributed by atoms with Gasteiger partial charge in [-0.15, -0.1) is 12.4 Å². The van der Waals surface area contributed by atoms with Gasteiger partial charge in [-0.25, -0.2) is 12.7 Å². The molecule has 0 aliphatic carbocycles. The molecule has 1 atom stereocenters. The van der Waals surface area contributed by atoms with Crippen LogP contribution in [-0.2, 0) is 14.8 Å². The number of nitro groups is 1. The molecule has 1 saturated heterocycles. The van der Waals surface area contributed by atoms with Crippen LogP contribution in [0.2, 0.25) is 0 Å². The molecular weight excluding hydrogens is 322 g/mol. The average molecular weight is 336 g/mol. The van der Waals surface area contributed by atoms with Crippen LogP contribution in [0.1, 0.15) is 6.92 Å². The number of nitrogens with one attached hydrogen (secondary N) is 1. The van der Waals surface area contributed by atoms with Crippen molar-refractivity contribution in [2.24, 2.45) is 0 Å². The van der Waals surface area contributed by atoms with E-state index in [4.69, 9.17) is 0 Å². The van der Waals surface area contributed by atoms with Gasteiger partial charge in [-0.3, -0.25) is 14.9 Å². The maximum absolute atomic E-state index is 12.4. The van der Waals surface area contributed by atoms with Gasteiger partial charge >= 0.3 is 0 Å². The SMILES string of the molecule is CC1NCCN(S(=O)(=O)c2ccccc2[N+](=O)[O-])C1=O.Cl. The van der Waals surface area contributed by atoms with E-state index in [9.17, 15) is 23.3 Å². The summed E-state index contributed by atoms with van der Waals surface area (Å²) in [6.07, 6.45) is 0. The van der Waals surface area contributed by atoms with Gasteiger partial charge in [0.15, 0.2) is 4.90 Å². The minimum absolute atomic E-state index is 0. The van der Waals surface area contributed by atoms with Crippen molar-refractivity contribution in [3.8, 4) is 0 Å². The molecule has 1 unspecified atom stereocenters. The third-order valence-electron chi connectivity index (χ3n) is 3.01. The molecule has 1 aromatic carbocycles. The van der Waals surface area contributed by atoms with Crippen LogP contribution in [-0.4, -0.2) is 42.7 Å². The van der Waals surface area contributed by atoms with E-state index in [-0.39, 0.29) is 19.0 Å². The standard InChI is InChI=1S/C11H13N3O5S.ClH/c1-8-11(15)13(7-6-12-8)20(18,19)10-5-3-2-4-9(10)14(16)17;/h2-5,8,12H,6-7H2,1H3;1H. The number of benzene rings is 1. The first-order valence-electron chi connectivity index (χ1n) is 5.89. The highest BCUT2D eigenvalue weighted by Crippen LogP contribution is 2.27.